The number of nitrogens with zero attached hydrogens (tertiary/aromatic N) is 3. The molecule has 0 spiro atoms. The normalized spacial score (nSPS) is 20.2. The predicted octanol–water partition coefficient (Wildman–Crippen LogP) is 2.91. The van der Waals surface area contributed by atoms with E-state index in [0.717, 1.165) is 54.0 Å². The minimum Gasteiger partial charge on any atom is -0.374 e. The van der Waals surface area contributed by atoms with Gasteiger partial charge in [-0.2, -0.15) is 0 Å². The summed E-state index contributed by atoms with van der Waals surface area (Å²) in [6.45, 7) is 3.58. The van der Waals surface area contributed by atoms with Gasteiger partial charge in [0.05, 0.1) is 30.3 Å². The molecule has 1 aliphatic heterocycles. The number of benzene rings is 1. The van der Waals surface area contributed by atoms with Gasteiger partial charge in [0.25, 0.3) is 0 Å². The van der Waals surface area contributed by atoms with E-state index in [9.17, 15) is 0 Å². The zero-order valence-corrected chi connectivity index (χ0v) is 14.4. The second-order valence-electron chi connectivity index (χ2n) is 5.47. The number of imidazole rings is 1. The van der Waals surface area contributed by atoms with Gasteiger partial charge in [-0.15, -0.1) is 11.6 Å². The molecule has 2 heterocycles. The molecular weight excluding hydrogens is 354 g/mol. The molecule has 1 atom stereocenters. The molecule has 4 nitrogen and oxygen atoms in total. The molecule has 0 amide bonds. The Morgan fingerprint density at radius 3 is 3.10 bits per heavy atom. The molecule has 3 rings (SSSR count). The van der Waals surface area contributed by atoms with Crippen LogP contribution < -0.4 is 0 Å². The van der Waals surface area contributed by atoms with Gasteiger partial charge in [-0.25, -0.2) is 4.98 Å². The number of hydrogen-bond donors (Lipinski definition) is 0. The highest BCUT2D eigenvalue weighted by molar-refractivity contribution is 9.10. The van der Waals surface area contributed by atoms with Gasteiger partial charge < -0.3 is 14.2 Å². The summed E-state index contributed by atoms with van der Waals surface area (Å²) in [6.07, 6.45) is 0.982. The summed E-state index contributed by atoms with van der Waals surface area (Å²) >= 11 is 9.44. The molecule has 0 saturated carbocycles. The van der Waals surface area contributed by atoms with E-state index in [0.29, 0.717) is 5.88 Å². The van der Waals surface area contributed by atoms with E-state index >= 15 is 0 Å². The number of alkyl halides is 1. The Balaban J connectivity index is 1.93. The number of aryl methyl sites for hydroxylation is 1. The Hall–Kier alpha value is -0.620. The van der Waals surface area contributed by atoms with Gasteiger partial charge in [0.15, 0.2) is 0 Å². The van der Waals surface area contributed by atoms with Crippen LogP contribution in [0.2, 0.25) is 0 Å². The molecule has 1 unspecified atom stereocenters. The molecule has 1 fully saturated rings. The summed E-state index contributed by atoms with van der Waals surface area (Å²) in [6, 6.07) is 6.22. The SMILES string of the molecule is CN1CCOC(Cn2c(CCCl)nc3cc(Br)ccc32)C1. The van der Waals surface area contributed by atoms with Crippen molar-refractivity contribution in [1.29, 1.82) is 0 Å². The van der Waals surface area contributed by atoms with Crippen molar-refractivity contribution in [3.8, 4) is 0 Å². The maximum absolute atomic E-state index is 5.93. The summed E-state index contributed by atoms with van der Waals surface area (Å²) in [5.41, 5.74) is 2.16. The molecule has 21 heavy (non-hydrogen) atoms. The van der Waals surface area contributed by atoms with Crippen molar-refractivity contribution in [2.75, 3.05) is 32.6 Å². The van der Waals surface area contributed by atoms with Gasteiger partial charge in [-0.3, -0.25) is 0 Å². The van der Waals surface area contributed by atoms with Crippen molar-refractivity contribution in [2.24, 2.45) is 0 Å². The van der Waals surface area contributed by atoms with Crippen LogP contribution in [0.4, 0.5) is 0 Å². The van der Waals surface area contributed by atoms with Crippen molar-refractivity contribution in [3.63, 3.8) is 0 Å². The fourth-order valence-corrected chi connectivity index (χ4v) is 3.33. The molecule has 2 aromatic rings. The number of halogens is 2. The Morgan fingerprint density at radius 2 is 2.33 bits per heavy atom. The first-order valence-electron chi connectivity index (χ1n) is 7.18. The van der Waals surface area contributed by atoms with Gasteiger partial charge >= 0.3 is 0 Å². The first-order chi connectivity index (χ1) is 10.2. The maximum Gasteiger partial charge on any atom is 0.111 e. The number of fused-ring (bicyclic) bond motifs is 1. The van der Waals surface area contributed by atoms with E-state index in [-0.39, 0.29) is 6.10 Å². The number of rotatable bonds is 4. The van der Waals surface area contributed by atoms with E-state index in [1.54, 1.807) is 0 Å². The fraction of sp³-hybridized carbons (Fsp3) is 0.533. The van der Waals surface area contributed by atoms with E-state index in [2.05, 4.69) is 50.6 Å². The van der Waals surface area contributed by atoms with Gasteiger partial charge in [0.2, 0.25) is 0 Å². The first kappa shape index (κ1) is 15.3. The molecule has 1 aliphatic rings. The van der Waals surface area contributed by atoms with Gasteiger partial charge in [-0.1, -0.05) is 15.9 Å². The van der Waals surface area contributed by atoms with Crippen LogP contribution >= 0.6 is 27.5 Å². The molecule has 114 valence electrons. The molecule has 0 radical (unpaired) electrons. The lowest BCUT2D eigenvalue weighted by Crippen LogP contribution is -2.42. The summed E-state index contributed by atoms with van der Waals surface area (Å²) in [7, 11) is 2.14. The highest BCUT2D eigenvalue weighted by Gasteiger charge is 2.21. The van der Waals surface area contributed by atoms with Crippen LogP contribution in [0, 0.1) is 0 Å². The van der Waals surface area contributed by atoms with Crippen molar-refractivity contribution < 1.29 is 4.74 Å². The number of aromatic nitrogens is 2. The molecule has 1 saturated heterocycles. The quantitative estimate of drug-likeness (QED) is 0.773. The van der Waals surface area contributed by atoms with Crippen LogP contribution in [0.5, 0.6) is 0 Å². The lowest BCUT2D eigenvalue weighted by atomic mass is 10.2. The average Bonchev–Trinajstić information content (AvgIpc) is 2.76. The van der Waals surface area contributed by atoms with Crippen LogP contribution in [-0.2, 0) is 17.7 Å². The molecule has 0 aliphatic carbocycles. The third-order valence-electron chi connectivity index (χ3n) is 3.84. The Morgan fingerprint density at radius 1 is 1.48 bits per heavy atom. The summed E-state index contributed by atoms with van der Waals surface area (Å²) in [5, 5.41) is 0. The lowest BCUT2D eigenvalue weighted by molar-refractivity contribution is -0.0272. The zero-order chi connectivity index (χ0) is 14.8. The van der Waals surface area contributed by atoms with Crippen molar-refractivity contribution in [1.82, 2.24) is 14.5 Å². The second kappa shape index (κ2) is 6.65. The molecule has 0 N–H and O–H groups in total. The maximum atomic E-state index is 5.93. The van der Waals surface area contributed by atoms with E-state index in [4.69, 9.17) is 21.3 Å². The molecule has 0 bridgehead atoms. The van der Waals surface area contributed by atoms with E-state index < -0.39 is 0 Å². The van der Waals surface area contributed by atoms with Gasteiger partial charge in [0.1, 0.15) is 5.82 Å². The minimum atomic E-state index is 0.207. The summed E-state index contributed by atoms with van der Waals surface area (Å²) in [5.74, 6) is 1.62. The highest BCUT2D eigenvalue weighted by atomic mass is 79.9. The molecule has 1 aromatic carbocycles. The van der Waals surface area contributed by atoms with Gasteiger partial charge in [-0.05, 0) is 25.2 Å². The molecular formula is C15H19BrClN3O. The van der Waals surface area contributed by atoms with Crippen LogP contribution in [0.15, 0.2) is 22.7 Å². The van der Waals surface area contributed by atoms with Crippen molar-refractivity contribution in [3.05, 3.63) is 28.5 Å². The summed E-state index contributed by atoms with van der Waals surface area (Å²) < 4.78 is 9.20. The van der Waals surface area contributed by atoms with Crippen LogP contribution in [0.1, 0.15) is 5.82 Å². The highest BCUT2D eigenvalue weighted by Crippen LogP contribution is 2.22. The Kier molecular flexibility index (Phi) is 4.84. The first-order valence-corrected chi connectivity index (χ1v) is 8.51. The Bertz CT molecular complexity index is 631. The van der Waals surface area contributed by atoms with E-state index in [1.165, 1.54) is 0 Å². The largest absolute Gasteiger partial charge is 0.374 e. The number of ether oxygens (including phenoxy) is 1. The third kappa shape index (κ3) is 3.42. The number of morpholine rings is 1. The summed E-state index contributed by atoms with van der Waals surface area (Å²) in [4.78, 5) is 7.04. The van der Waals surface area contributed by atoms with Crippen LogP contribution in [-0.4, -0.2) is 53.2 Å². The monoisotopic (exact) mass is 371 g/mol. The lowest BCUT2D eigenvalue weighted by Gasteiger charge is -2.30. The second-order valence-corrected chi connectivity index (χ2v) is 6.76. The third-order valence-corrected chi connectivity index (χ3v) is 4.52. The molecule has 1 aromatic heterocycles. The van der Waals surface area contributed by atoms with Crippen molar-refractivity contribution in [2.45, 2.75) is 19.1 Å². The number of likely N-dealkylation sites (N-methyl/N-ethyl adjacent to an activating group) is 1. The topological polar surface area (TPSA) is 30.3 Å². The standard InChI is InChI=1S/C15H19BrClN3O/c1-19-6-7-21-12(9-19)10-20-14-3-2-11(16)8-13(14)18-15(20)4-5-17/h2-3,8,12H,4-7,9-10H2,1H3. The zero-order valence-electron chi connectivity index (χ0n) is 12.1. The fourth-order valence-electron chi connectivity index (χ4n) is 2.81. The minimum absolute atomic E-state index is 0.207. The smallest absolute Gasteiger partial charge is 0.111 e. The van der Waals surface area contributed by atoms with Crippen LogP contribution in [0.3, 0.4) is 0 Å². The predicted molar refractivity (Wildman–Crippen MR) is 89.1 cm³/mol. The average molecular weight is 373 g/mol. The molecule has 6 heteroatoms. The number of hydrogen-bond acceptors (Lipinski definition) is 3. The Labute approximate surface area is 138 Å². The van der Waals surface area contributed by atoms with Crippen molar-refractivity contribution >= 4 is 38.6 Å². The van der Waals surface area contributed by atoms with Gasteiger partial charge in [0, 0.05) is 29.9 Å². The van der Waals surface area contributed by atoms with E-state index in [1.807, 2.05) is 0 Å². The van der Waals surface area contributed by atoms with Crippen LogP contribution in [0.25, 0.3) is 11.0 Å².